The second kappa shape index (κ2) is 11.6. The van der Waals surface area contributed by atoms with Gasteiger partial charge in [-0.15, -0.1) is 24.0 Å². The lowest BCUT2D eigenvalue weighted by atomic mass is 10.3. The number of halogens is 1. The zero-order chi connectivity index (χ0) is 17.2. The second-order valence-corrected chi connectivity index (χ2v) is 5.09. The van der Waals surface area contributed by atoms with Gasteiger partial charge in [-0.25, -0.2) is 4.99 Å². The molecular formula is C17H26IN5O2. The molecule has 7 nitrogen and oxygen atoms in total. The molecule has 2 N–H and O–H groups in total. The van der Waals surface area contributed by atoms with Crippen molar-refractivity contribution in [3.05, 3.63) is 42.2 Å². The maximum atomic E-state index is 5.69. The standard InChI is InChI=1S/C17H25N5O2.HI/c1-4-18-17(20-13-14-9-10-21-22(14)2)19-11-12-24-16-7-5-15(23-3)6-8-16;/h5-10H,4,11-13H2,1-3H3,(H2,18,19,20);1H. The fraction of sp³-hybridized carbons (Fsp3) is 0.412. The van der Waals surface area contributed by atoms with E-state index in [2.05, 4.69) is 20.7 Å². The van der Waals surface area contributed by atoms with Gasteiger partial charge >= 0.3 is 0 Å². The van der Waals surface area contributed by atoms with Crippen LogP contribution in [0.2, 0.25) is 0 Å². The molecule has 0 amide bonds. The van der Waals surface area contributed by atoms with Crippen LogP contribution in [0, 0.1) is 0 Å². The summed E-state index contributed by atoms with van der Waals surface area (Å²) in [6.45, 7) is 4.61. The molecule has 0 aliphatic heterocycles. The van der Waals surface area contributed by atoms with E-state index in [4.69, 9.17) is 9.47 Å². The number of benzene rings is 1. The van der Waals surface area contributed by atoms with Crippen LogP contribution < -0.4 is 20.1 Å². The Bertz CT molecular complexity index is 643. The predicted molar refractivity (Wildman–Crippen MR) is 110 cm³/mol. The number of nitrogens with one attached hydrogen (secondary N) is 2. The highest BCUT2D eigenvalue weighted by molar-refractivity contribution is 14.0. The molecule has 0 aliphatic rings. The average Bonchev–Trinajstić information content (AvgIpc) is 3.02. The van der Waals surface area contributed by atoms with Gasteiger partial charge < -0.3 is 20.1 Å². The van der Waals surface area contributed by atoms with Gasteiger partial charge in [-0.2, -0.15) is 5.10 Å². The van der Waals surface area contributed by atoms with E-state index < -0.39 is 0 Å². The first-order valence-electron chi connectivity index (χ1n) is 7.99. The van der Waals surface area contributed by atoms with Crippen LogP contribution in [0.3, 0.4) is 0 Å². The summed E-state index contributed by atoms with van der Waals surface area (Å²) in [7, 11) is 3.56. The van der Waals surface area contributed by atoms with Crippen molar-refractivity contribution in [2.75, 3.05) is 26.8 Å². The molecule has 0 atom stereocenters. The van der Waals surface area contributed by atoms with Crippen molar-refractivity contribution in [2.24, 2.45) is 12.0 Å². The van der Waals surface area contributed by atoms with Crippen LogP contribution in [0.25, 0.3) is 0 Å². The van der Waals surface area contributed by atoms with Crippen molar-refractivity contribution in [3.8, 4) is 11.5 Å². The predicted octanol–water partition coefficient (Wildman–Crippen LogP) is 2.18. The number of hydrogen-bond acceptors (Lipinski definition) is 4. The highest BCUT2D eigenvalue weighted by Crippen LogP contribution is 2.16. The summed E-state index contributed by atoms with van der Waals surface area (Å²) >= 11 is 0. The molecule has 0 aliphatic carbocycles. The number of nitrogens with zero attached hydrogens (tertiary/aromatic N) is 3. The Morgan fingerprint density at radius 3 is 2.48 bits per heavy atom. The first-order valence-corrected chi connectivity index (χ1v) is 7.99. The largest absolute Gasteiger partial charge is 0.497 e. The van der Waals surface area contributed by atoms with Gasteiger partial charge in [0, 0.05) is 19.8 Å². The van der Waals surface area contributed by atoms with Crippen molar-refractivity contribution >= 4 is 29.9 Å². The molecule has 8 heteroatoms. The number of rotatable bonds is 8. The maximum Gasteiger partial charge on any atom is 0.191 e. The first-order chi connectivity index (χ1) is 11.7. The van der Waals surface area contributed by atoms with Gasteiger partial charge in [0.15, 0.2) is 5.96 Å². The van der Waals surface area contributed by atoms with E-state index in [0.29, 0.717) is 19.7 Å². The zero-order valence-electron chi connectivity index (χ0n) is 14.9. The number of hydrogen-bond donors (Lipinski definition) is 2. The third kappa shape index (κ3) is 7.20. The summed E-state index contributed by atoms with van der Waals surface area (Å²) in [5, 5.41) is 10.6. The van der Waals surface area contributed by atoms with E-state index in [1.807, 2.05) is 49.0 Å². The zero-order valence-corrected chi connectivity index (χ0v) is 17.2. The molecule has 1 heterocycles. The minimum Gasteiger partial charge on any atom is -0.497 e. The maximum absolute atomic E-state index is 5.69. The number of aryl methyl sites for hydroxylation is 1. The van der Waals surface area contributed by atoms with Crippen LogP contribution in [0.4, 0.5) is 0 Å². The van der Waals surface area contributed by atoms with Crippen molar-refractivity contribution in [2.45, 2.75) is 13.5 Å². The van der Waals surface area contributed by atoms with Gasteiger partial charge in [0.25, 0.3) is 0 Å². The first kappa shape index (κ1) is 21.1. The van der Waals surface area contributed by atoms with Crippen LogP contribution in [0.1, 0.15) is 12.6 Å². The average molecular weight is 459 g/mol. The van der Waals surface area contributed by atoms with Gasteiger partial charge in [-0.05, 0) is 37.3 Å². The molecule has 0 unspecified atom stereocenters. The highest BCUT2D eigenvalue weighted by Gasteiger charge is 2.01. The van der Waals surface area contributed by atoms with Gasteiger partial charge in [0.1, 0.15) is 18.1 Å². The summed E-state index contributed by atoms with van der Waals surface area (Å²) in [6, 6.07) is 9.49. The molecule has 0 radical (unpaired) electrons. The lowest BCUT2D eigenvalue weighted by Crippen LogP contribution is -2.39. The van der Waals surface area contributed by atoms with Crippen molar-refractivity contribution in [1.82, 2.24) is 20.4 Å². The molecule has 0 spiro atoms. The molecule has 2 rings (SSSR count). The Morgan fingerprint density at radius 1 is 1.16 bits per heavy atom. The molecule has 0 saturated heterocycles. The van der Waals surface area contributed by atoms with E-state index in [9.17, 15) is 0 Å². The van der Waals surface area contributed by atoms with E-state index >= 15 is 0 Å². The number of ether oxygens (including phenoxy) is 2. The molecule has 0 bridgehead atoms. The molecular weight excluding hydrogens is 433 g/mol. The number of methoxy groups -OCH3 is 1. The summed E-state index contributed by atoms with van der Waals surface area (Å²) in [6.07, 6.45) is 1.77. The SMILES string of the molecule is CCNC(=NCc1ccnn1C)NCCOc1ccc(OC)cc1.I. The summed E-state index contributed by atoms with van der Waals surface area (Å²) < 4.78 is 12.6. The van der Waals surface area contributed by atoms with Gasteiger partial charge in [0.2, 0.25) is 0 Å². The fourth-order valence-corrected chi connectivity index (χ4v) is 2.07. The van der Waals surface area contributed by atoms with E-state index in [1.54, 1.807) is 13.3 Å². The minimum atomic E-state index is 0. The highest BCUT2D eigenvalue weighted by atomic mass is 127. The number of guanidine groups is 1. The molecule has 1 aromatic heterocycles. The number of aliphatic imine (C=N–C) groups is 1. The molecule has 138 valence electrons. The Labute approximate surface area is 165 Å². The molecule has 0 fully saturated rings. The topological polar surface area (TPSA) is 72.7 Å². The van der Waals surface area contributed by atoms with Crippen LogP contribution >= 0.6 is 24.0 Å². The number of aromatic nitrogens is 2. The monoisotopic (exact) mass is 459 g/mol. The van der Waals surface area contributed by atoms with Gasteiger partial charge in [-0.3, -0.25) is 4.68 Å². The lowest BCUT2D eigenvalue weighted by molar-refractivity contribution is 0.321. The summed E-state index contributed by atoms with van der Waals surface area (Å²) in [5.74, 6) is 2.39. The van der Waals surface area contributed by atoms with Crippen LogP contribution in [0.5, 0.6) is 11.5 Å². The second-order valence-electron chi connectivity index (χ2n) is 5.09. The van der Waals surface area contributed by atoms with Crippen LogP contribution in [-0.2, 0) is 13.6 Å². The van der Waals surface area contributed by atoms with Crippen molar-refractivity contribution < 1.29 is 9.47 Å². The molecule has 1 aromatic carbocycles. The Hall–Kier alpha value is -1.97. The third-order valence-electron chi connectivity index (χ3n) is 3.39. The Morgan fingerprint density at radius 2 is 1.88 bits per heavy atom. The normalized spacial score (nSPS) is 10.8. The molecule has 0 saturated carbocycles. The molecule has 25 heavy (non-hydrogen) atoms. The smallest absolute Gasteiger partial charge is 0.191 e. The van der Waals surface area contributed by atoms with Crippen LogP contribution in [0.15, 0.2) is 41.5 Å². The summed E-state index contributed by atoms with van der Waals surface area (Å²) in [4.78, 5) is 4.55. The van der Waals surface area contributed by atoms with E-state index in [1.165, 1.54) is 0 Å². The summed E-state index contributed by atoms with van der Waals surface area (Å²) in [5.41, 5.74) is 1.06. The Balaban J connectivity index is 0.00000312. The molecule has 2 aromatic rings. The van der Waals surface area contributed by atoms with Gasteiger partial charge in [-0.1, -0.05) is 0 Å². The van der Waals surface area contributed by atoms with Crippen molar-refractivity contribution in [3.63, 3.8) is 0 Å². The fourth-order valence-electron chi connectivity index (χ4n) is 2.07. The van der Waals surface area contributed by atoms with Gasteiger partial charge in [0.05, 0.1) is 25.9 Å². The Kier molecular flexibility index (Phi) is 9.75. The van der Waals surface area contributed by atoms with E-state index in [0.717, 1.165) is 29.7 Å². The minimum absolute atomic E-state index is 0. The van der Waals surface area contributed by atoms with E-state index in [-0.39, 0.29) is 24.0 Å². The quantitative estimate of drug-likeness (QED) is 0.274. The van der Waals surface area contributed by atoms with Crippen LogP contribution in [-0.4, -0.2) is 42.5 Å². The van der Waals surface area contributed by atoms with Crippen molar-refractivity contribution in [1.29, 1.82) is 0 Å². The third-order valence-corrected chi connectivity index (χ3v) is 3.39. The lowest BCUT2D eigenvalue weighted by Gasteiger charge is -2.12.